The molecule has 0 radical (unpaired) electrons. The number of aromatic amines is 1. The van der Waals surface area contributed by atoms with Gasteiger partial charge in [0.05, 0.1) is 12.1 Å². The number of hydrogen-bond donors (Lipinski definition) is 1. The normalized spacial score (nSPS) is 16.6. The van der Waals surface area contributed by atoms with Crippen molar-refractivity contribution in [1.82, 2.24) is 30.1 Å². The van der Waals surface area contributed by atoms with Crippen LogP contribution in [0.4, 0.5) is 0 Å². The summed E-state index contributed by atoms with van der Waals surface area (Å²) in [6.07, 6.45) is 3.91. The van der Waals surface area contributed by atoms with Crippen LogP contribution in [0.2, 0.25) is 0 Å². The van der Waals surface area contributed by atoms with E-state index in [0.717, 1.165) is 61.1 Å². The van der Waals surface area contributed by atoms with Gasteiger partial charge in [0.25, 0.3) is 5.56 Å². The van der Waals surface area contributed by atoms with E-state index < -0.39 is 0 Å². The van der Waals surface area contributed by atoms with Crippen LogP contribution < -0.4 is 5.56 Å². The largest absolute Gasteiger partial charge is 0.377 e. The van der Waals surface area contributed by atoms with Gasteiger partial charge in [-0.25, -0.2) is 4.68 Å². The van der Waals surface area contributed by atoms with E-state index in [1.54, 1.807) is 0 Å². The van der Waals surface area contributed by atoms with Gasteiger partial charge in [-0.15, -0.1) is 5.10 Å². The summed E-state index contributed by atoms with van der Waals surface area (Å²) in [6, 6.07) is 16.6. The van der Waals surface area contributed by atoms with E-state index in [0.29, 0.717) is 13.1 Å². The molecule has 1 saturated heterocycles. The lowest BCUT2D eigenvalue weighted by Crippen LogP contribution is -2.37. The highest BCUT2D eigenvalue weighted by atomic mass is 16.5. The maximum atomic E-state index is 13.2. The summed E-state index contributed by atoms with van der Waals surface area (Å²) < 4.78 is 7.93. The Balaban J connectivity index is 1.44. The lowest BCUT2D eigenvalue weighted by molar-refractivity contribution is 0.0488. The van der Waals surface area contributed by atoms with Crippen molar-refractivity contribution >= 4 is 10.9 Å². The number of tetrazole rings is 1. The summed E-state index contributed by atoms with van der Waals surface area (Å²) in [7, 11) is 0. The molecule has 194 valence electrons. The van der Waals surface area contributed by atoms with Crippen LogP contribution in [0, 0.1) is 13.8 Å². The minimum absolute atomic E-state index is 0.0372. The molecule has 0 bridgehead atoms. The molecule has 1 N–H and O–H groups in total. The molecule has 2 aromatic heterocycles. The topological polar surface area (TPSA) is 88.9 Å². The van der Waals surface area contributed by atoms with E-state index in [1.165, 1.54) is 16.7 Å². The molecule has 5 rings (SSSR count). The lowest BCUT2D eigenvalue weighted by Gasteiger charge is -2.32. The molecule has 0 aliphatic carbocycles. The molecule has 8 heteroatoms. The summed E-state index contributed by atoms with van der Waals surface area (Å²) in [5, 5.41) is 13.9. The zero-order chi connectivity index (χ0) is 25.8. The third-order valence-electron chi connectivity index (χ3n) is 7.51. The molecule has 0 saturated carbocycles. The van der Waals surface area contributed by atoms with Crippen molar-refractivity contribution in [3.63, 3.8) is 0 Å². The van der Waals surface area contributed by atoms with Crippen LogP contribution >= 0.6 is 0 Å². The van der Waals surface area contributed by atoms with Crippen LogP contribution in [0.15, 0.2) is 53.3 Å². The monoisotopic (exact) mass is 500 g/mol. The summed E-state index contributed by atoms with van der Waals surface area (Å²) in [5.74, 6) is 0.833. The fraction of sp³-hybridized carbons (Fsp3) is 0.448. The van der Waals surface area contributed by atoms with Gasteiger partial charge < -0.3 is 9.72 Å². The number of rotatable bonds is 10. The van der Waals surface area contributed by atoms with Crippen LogP contribution in [0.25, 0.3) is 10.9 Å². The zero-order valence-corrected chi connectivity index (χ0v) is 22.0. The molecule has 2 atom stereocenters. The highest BCUT2D eigenvalue weighted by Gasteiger charge is 2.29. The second-order valence-corrected chi connectivity index (χ2v) is 10.1. The third kappa shape index (κ3) is 5.81. The van der Waals surface area contributed by atoms with E-state index in [2.05, 4.69) is 82.6 Å². The molecule has 4 aromatic rings. The van der Waals surface area contributed by atoms with Crippen LogP contribution in [-0.4, -0.2) is 49.3 Å². The number of nitrogens with zero attached hydrogens (tertiary/aromatic N) is 5. The first-order valence-electron chi connectivity index (χ1n) is 13.3. The molecule has 0 unspecified atom stereocenters. The van der Waals surface area contributed by atoms with E-state index in [9.17, 15) is 4.79 Å². The smallest absolute Gasteiger partial charge is 0.252 e. The molecule has 1 aliphatic heterocycles. The van der Waals surface area contributed by atoms with Gasteiger partial charge in [0.1, 0.15) is 0 Å². The Kier molecular flexibility index (Phi) is 7.76. The summed E-state index contributed by atoms with van der Waals surface area (Å²) in [5.41, 5.74) is 5.21. The van der Waals surface area contributed by atoms with E-state index in [1.807, 2.05) is 16.8 Å². The molecule has 3 heterocycles. The second kappa shape index (κ2) is 11.4. The number of hydrogen-bond acceptors (Lipinski definition) is 6. The molecule has 1 fully saturated rings. The lowest BCUT2D eigenvalue weighted by atomic mass is 10.0. The number of nitrogens with one attached hydrogen (secondary N) is 1. The Labute approximate surface area is 217 Å². The number of fused-ring (bicyclic) bond motifs is 1. The van der Waals surface area contributed by atoms with Crippen molar-refractivity contribution in [2.75, 3.05) is 13.2 Å². The molecule has 1 aliphatic rings. The Morgan fingerprint density at radius 2 is 1.97 bits per heavy atom. The van der Waals surface area contributed by atoms with Crippen molar-refractivity contribution in [2.24, 2.45) is 0 Å². The molecule has 0 spiro atoms. The zero-order valence-electron chi connectivity index (χ0n) is 22.0. The van der Waals surface area contributed by atoms with E-state index in [-0.39, 0.29) is 17.7 Å². The quantitative estimate of drug-likeness (QED) is 0.345. The summed E-state index contributed by atoms with van der Waals surface area (Å²) >= 11 is 0. The van der Waals surface area contributed by atoms with Gasteiger partial charge in [0, 0.05) is 37.3 Å². The number of ether oxygens (including phenoxy) is 1. The first-order valence-corrected chi connectivity index (χ1v) is 13.3. The SMILES string of the molecule is CC[C@H](c1nnnn1CCc1ccccc1)N(Cc1cc2cc(C)c(C)cc2[nH]c1=O)C[C@@H]1CCCO1. The Morgan fingerprint density at radius 1 is 1.16 bits per heavy atom. The fourth-order valence-corrected chi connectivity index (χ4v) is 5.30. The second-order valence-electron chi connectivity index (χ2n) is 10.1. The van der Waals surface area contributed by atoms with Crippen LogP contribution in [0.5, 0.6) is 0 Å². The number of benzene rings is 2. The van der Waals surface area contributed by atoms with Crippen LogP contribution in [-0.2, 0) is 24.2 Å². The van der Waals surface area contributed by atoms with Crippen LogP contribution in [0.1, 0.15) is 60.3 Å². The maximum absolute atomic E-state index is 13.2. The molecule has 2 aromatic carbocycles. The van der Waals surface area contributed by atoms with Crippen molar-refractivity contribution < 1.29 is 4.74 Å². The minimum atomic E-state index is -0.0494. The predicted molar refractivity (Wildman–Crippen MR) is 144 cm³/mol. The van der Waals surface area contributed by atoms with E-state index in [4.69, 9.17) is 4.74 Å². The highest BCUT2D eigenvalue weighted by Crippen LogP contribution is 2.27. The van der Waals surface area contributed by atoms with Crippen molar-refractivity contribution in [3.05, 3.63) is 87.0 Å². The molecule has 0 amide bonds. The van der Waals surface area contributed by atoms with Crippen molar-refractivity contribution in [1.29, 1.82) is 0 Å². The van der Waals surface area contributed by atoms with Gasteiger partial charge in [0.15, 0.2) is 5.82 Å². The van der Waals surface area contributed by atoms with Gasteiger partial charge in [-0.1, -0.05) is 37.3 Å². The summed E-state index contributed by atoms with van der Waals surface area (Å²) in [4.78, 5) is 18.6. The number of pyridine rings is 1. The molecular weight excluding hydrogens is 464 g/mol. The molecular formula is C29H36N6O2. The first-order chi connectivity index (χ1) is 18.0. The Hall–Kier alpha value is -3.36. The Bertz CT molecular complexity index is 1390. The summed E-state index contributed by atoms with van der Waals surface area (Å²) in [6.45, 7) is 9.05. The maximum Gasteiger partial charge on any atom is 0.252 e. The molecule has 8 nitrogen and oxygen atoms in total. The fourth-order valence-electron chi connectivity index (χ4n) is 5.30. The van der Waals surface area contributed by atoms with Crippen LogP contribution in [0.3, 0.4) is 0 Å². The van der Waals surface area contributed by atoms with Gasteiger partial charge >= 0.3 is 0 Å². The first kappa shape index (κ1) is 25.3. The van der Waals surface area contributed by atoms with Gasteiger partial charge in [-0.2, -0.15) is 0 Å². The van der Waals surface area contributed by atoms with E-state index >= 15 is 0 Å². The average molecular weight is 501 g/mol. The standard InChI is InChI=1S/C29H36N6O2/c1-4-27(28-31-32-33-35(28)13-12-22-9-6-5-7-10-22)34(19-25-11-8-14-37-25)18-24-17-23-15-20(2)21(3)16-26(23)30-29(24)36/h5-7,9-10,15-17,25,27H,4,8,11-14,18-19H2,1-3H3,(H,30,36)/t25-,27+/m0/s1. The average Bonchev–Trinajstić information content (AvgIpc) is 3.58. The number of aryl methyl sites for hydroxylation is 4. The molecule has 37 heavy (non-hydrogen) atoms. The number of H-pyrrole nitrogens is 1. The third-order valence-corrected chi connectivity index (χ3v) is 7.51. The van der Waals surface area contributed by atoms with Crippen molar-refractivity contribution in [2.45, 2.75) is 71.7 Å². The predicted octanol–water partition coefficient (Wildman–Crippen LogP) is 4.51. The van der Waals surface area contributed by atoms with Crippen molar-refractivity contribution in [3.8, 4) is 0 Å². The number of aromatic nitrogens is 5. The van der Waals surface area contributed by atoms with Gasteiger partial charge in [0.2, 0.25) is 0 Å². The Morgan fingerprint density at radius 3 is 2.73 bits per heavy atom. The highest BCUT2D eigenvalue weighted by molar-refractivity contribution is 5.80. The minimum Gasteiger partial charge on any atom is -0.377 e. The van der Waals surface area contributed by atoms with Gasteiger partial charge in [-0.3, -0.25) is 9.69 Å². The van der Waals surface area contributed by atoms with Gasteiger partial charge in [-0.05, 0) is 90.2 Å².